The molecule has 1 atom stereocenters. The van der Waals surface area contributed by atoms with Crippen LogP contribution in [0.2, 0.25) is 0 Å². The first-order valence-corrected chi connectivity index (χ1v) is 2.32. The zero-order valence-corrected chi connectivity index (χ0v) is 5.25. The first kappa shape index (κ1) is 4.81. The van der Waals surface area contributed by atoms with Crippen LogP contribution in [0.5, 0.6) is 0 Å². The second kappa shape index (κ2) is 3.81. The topological polar surface area (TPSA) is 9.23 Å². The standard InChI is InChI=1S/CH4AsClO/c2-4-1-3/h1-2H2. The van der Waals surface area contributed by atoms with Crippen LogP contribution in [0.15, 0.2) is 0 Å². The van der Waals surface area contributed by atoms with Gasteiger partial charge >= 0.3 is 38.6 Å². The Labute approximate surface area is 39.1 Å². The van der Waals surface area contributed by atoms with Crippen molar-refractivity contribution in [1.29, 1.82) is 0 Å². The molecule has 0 aliphatic heterocycles. The molecule has 0 aliphatic carbocycles. The number of rotatable bonds is 1. The summed E-state index contributed by atoms with van der Waals surface area (Å²) in [5, 5.41) is 0. The Balaban J connectivity index is 1.97. The van der Waals surface area contributed by atoms with Crippen molar-refractivity contribution in [3.63, 3.8) is 0 Å². The summed E-state index contributed by atoms with van der Waals surface area (Å²) < 4.78 is 4.37. The van der Waals surface area contributed by atoms with E-state index in [1.54, 1.807) is 0 Å². The molecule has 0 saturated carbocycles. The SMILES string of the molecule is ClCO[AsH2]. The molecular weight excluding hydrogens is 138 g/mol. The van der Waals surface area contributed by atoms with E-state index in [0.29, 0.717) is 6.07 Å². The van der Waals surface area contributed by atoms with Gasteiger partial charge in [0.25, 0.3) is 0 Å². The van der Waals surface area contributed by atoms with E-state index in [1.165, 1.54) is 17.2 Å². The molecule has 1 unspecified atom stereocenters. The Morgan fingerprint density at radius 3 is 2.25 bits per heavy atom. The van der Waals surface area contributed by atoms with Gasteiger partial charge in [-0.25, -0.2) is 0 Å². The summed E-state index contributed by atoms with van der Waals surface area (Å²) in [5.41, 5.74) is 0. The van der Waals surface area contributed by atoms with Crippen LogP contribution in [-0.4, -0.2) is 23.3 Å². The minimum atomic E-state index is 0.319. The molecule has 0 fully saturated rings. The van der Waals surface area contributed by atoms with Crippen LogP contribution in [0.3, 0.4) is 0 Å². The van der Waals surface area contributed by atoms with Gasteiger partial charge in [0.1, 0.15) is 0 Å². The Morgan fingerprint density at radius 2 is 2.25 bits per heavy atom. The third kappa shape index (κ3) is 2.81. The molecule has 0 heterocycles. The van der Waals surface area contributed by atoms with Crippen molar-refractivity contribution in [3.05, 3.63) is 0 Å². The van der Waals surface area contributed by atoms with Gasteiger partial charge in [0.15, 0.2) is 0 Å². The normalized spacial score (nSPS) is 7.50. The van der Waals surface area contributed by atoms with Crippen molar-refractivity contribution in [2.24, 2.45) is 0 Å². The predicted octanol–water partition coefficient (Wildman–Crippen LogP) is -0.253. The number of hydrogen-bond acceptors (Lipinski definition) is 1. The van der Waals surface area contributed by atoms with Crippen LogP contribution < -0.4 is 0 Å². The fourth-order valence-electron chi connectivity index (χ4n) is 0. The van der Waals surface area contributed by atoms with Crippen molar-refractivity contribution in [1.82, 2.24) is 0 Å². The minimum absolute atomic E-state index is 0.319. The predicted molar refractivity (Wildman–Crippen MR) is 20.3 cm³/mol. The van der Waals surface area contributed by atoms with E-state index in [1.807, 2.05) is 0 Å². The molecule has 3 heteroatoms. The first-order valence-electron chi connectivity index (χ1n) is 0.792. The fourth-order valence-corrected chi connectivity index (χ4v) is 0. The van der Waals surface area contributed by atoms with Crippen molar-refractivity contribution in [2.45, 2.75) is 0 Å². The molecule has 0 aromatic heterocycles. The van der Waals surface area contributed by atoms with Gasteiger partial charge in [0.05, 0.1) is 0 Å². The Kier molecular flexibility index (Phi) is 4.58. The maximum absolute atomic E-state index is 4.98. The van der Waals surface area contributed by atoms with Gasteiger partial charge in [-0.1, -0.05) is 0 Å². The van der Waals surface area contributed by atoms with Crippen LogP contribution in [0.4, 0.5) is 0 Å². The van der Waals surface area contributed by atoms with Gasteiger partial charge in [0.2, 0.25) is 0 Å². The van der Waals surface area contributed by atoms with Crippen molar-refractivity contribution in [3.8, 4) is 0 Å². The average molecular weight is 142 g/mol. The summed E-state index contributed by atoms with van der Waals surface area (Å²) in [6.07, 6.45) is 0. The third-order valence-corrected chi connectivity index (χ3v) is 0.982. The van der Waals surface area contributed by atoms with Crippen molar-refractivity contribution in [2.75, 3.05) is 6.07 Å². The van der Waals surface area contributed by atoms with Gasteiger partial charge in [-0.3, -0.25) is 0 Å². The second-order valence-electron chi connectivity index (χ2n) is 0.276. The monoisotopic (exact) mass is 142 g/mol. The molecule has 26 valence electrons. The molecule has 0 spiro atoms. The van der Waals surface area contributed by atoms with E-state index < -0.39 is 0 Å². The van der Waals surface area contributed by atoms with Gasteiger partial charge in [-0.15, -0.1) is 0 Å². The molecule has 0 N–H and O–H groups in total. The van der Waals surface area contributed by atoms with Gasteiger partial charge in [0, 0.05) is 0 Å². The first-order chi connectivity index (χ1) is 1.91. The Hall–Kier alpha value is 0.808. The maximum atomic E-state index is 4.98. The van der Waals surface area contributed by atoms with Crippen LogP contribution >= 0.6 is 11.6 Å². The quantitative estimate of drug-likeness (QED) is 0.362. The van der Waals surface area contributed by atoms with Gasteiger partial charge in [-0.2, -0.15) is 0 Å². The molecular formula is CH4AsClO. The molecule has 0 amide bonds. The molecule has 0 aliphatic rings. The molecule has 0 saturated heterocycles. The number of halogens is 1. The summed E-state index contributed by atoms with van der Waals surface area (Å²) in [4.78, 5) is 0. The summed E-state index contributed by atoms with van der Waals surface area (Å²) in [6, 6.07) is 0.319. The zero-order valence-electron chi connectivity index (χ0n) is 2.07. The summed E-state index contributed by atoms with van der Waals surface area (Å²) in [6.45, 7) is 0. The summed E-state index contributed by atoms with van der Waals surface area (Å²) in [7, 11) is 0. The van der Waals surface area contributed by atoms with E-state index in [-0.39, 0.29) is 0 Å². The number of hydrogen-bond donors (Lipinski definition) is 0. The van der Waals surface area contributed by atoms with Gasteiger partial charge in [-0.05, 0) is 0 Å². The molecule has 1 nitrogen and oxygen atoms in total. The van der Waals surface area contributed by atoms with Crippen LogP contribution in [-0.2, 0) is 3.73 Å². The molecule has 0 radical (unpaired) electrons. The third-order valence-electron chi connectivity index (χ3n) is 0.0630. The van der Waals surface area contributed by atoms with E-state index in [2.05, 4.69) is 3.73 Å². The summed E-state index contributed by atoms with van der Waals surface area (Å²) in [5.74, 6) is 0. The molecule has 0 aromatic rings. The van der Waals surface area contributed by atoms with Crippen LogP contribution in [0.25, 0.3) is 0 Å². The molecule has 0 aromatic carbocycles. The van der Waals surface area contributed by atoms with E-state index in [0.717, 1.165) is 0 Å². The number of alkyl halides is 1. The van der Waals surface area contributed by atoms with Crippen molar-refractivity contribution >= 4 is 28.8 Å². The Morgan fingerprint density at radius 1 is 2.00 bits per heavy atom. The molecule has 4 heavy (non-hydrogen) atoms. The van der Waals surface area contributed by atoms with E-state index in [4.69, 9.17) is 11.6 Å². The van der Waals surface area contributed by atoms with Crippen molar-refractivity contribution < 1.29 is 3.73 Å². The van der Waals surface area contributed by atoms with Crippen LogP contribution in [0, 0.1) is 0 Å². The average Bonchev–Trinajstić information content (AvgIpc) is 1.37. The van der Waals surface area contributed by atoms with E-state index in [9.17, 15) is 0 Å². The van der Waals surface area contributed by atoms with E-state index >= 15 is 0 Å². The fraction of sp³-hybridized carbons (Fsp3) is 1.00. The van der Waals surface area contributed by atoms with Gasteiger partial charge < -0.3 is 0 Å². The molecule has 0 bridgehead atoms. The zero-order chi connectivity index (χ0) is 3.41. The Bertz CT molecular complexity index is 10.0. The molecule has 0 rings (SSSR count). The summed E-state index contributed by atoms with van der Waals surface area (Å²) >= 11 is 6.17. The van der Waals surface area contributed by atoms with Crippen LogP contribution in [0.1, 0.15) is 0 Å². The second-order valence-corrected chi connectivity index (χ2v) is 1.19.